The van der Waals surface area contributed by atoms with Crippen LogP contribution in [0, 0.1) is 11.8 Å². The molecule has 0 saturated carbocycles. The number of benzene rings is 4. The van der Waals surface area contributed by atoms with Crippen molar-refractivity contribution in [2.24, 2.45) is 11.8 Å². The summed E-state index contributed by atoms with van der Waals surface area (Å²) >= 11 is 23.0. The van der Waals surface area contributed by atoms with E-state index < -0.39 is 0 Å². The van der Waals surface area contributed by atoms with E-state index in [2.05, 4.69) is 115 Å². The van der Waals surface area contributed by atoms with Crippen LogP contribution in [0.15, 0.2) is 109 Å². The fraction of sp³-hybridized carbons (Fsp3) is 0.462. The third-order valence-corrected chi connectivity index (χ3v) is 12.7. The first-order valence-electron chi connectivity index (χ1n) is 23.8. The molecule has 4 aromatic rings. The molecule has 4 aromatic carbocycles. The van der Waals surface area contributed by atoms with Crippen molar-refractivity contribution in [3.63, 3.8) is 0 Å². The fourth-order valence-corrected chi connectivity index (χ4v) is 8.46. The fourth-order valence-electron chi connectivity index (χ4n) is 7.72. The van der Waals surface area contributed by atoms with Gasteiger partial charge in [-0.05, 0) is 145 Å². The van der Waals surface area contributed by atoms with Crippen LogP contribution in [0.1, 0.15) is 71.9 Å². The Hall–Kier alpha value is -4.44. The third-order valence-electron chi connectivity index (χ3n) is 11.5. The van der Waals surface area contributed by atoms with E-state index >= 15 is 0 Å². The molecule has 66 heavy (non-hydrogen) atoms. The molecular formula is C52H72N8O2S4. The number of unbranched alkanes of at least 4 members (excludes halogenated alkanes) is 2. The molecule has 0 aliphatic carbocycles. The molecule has 0 unspecified atom stereocenters. The van der Waals surface area contributed by atoms with Crippen LogP contribution < -0.4 is 42.5 Å². The maximum absolute atomic E-state index is 5.96. The molecule has 8 N–H and O–H groups in total. The van der Waals surface area contributed by atoms with Crippen LogP contribution >= 0.6 is 48.9 Å². The highest BCUT2D eigenvalue weighted by Gasteiger charge is 2.13. The van der Waals surface area contributed by atoms with Gasteiger partial charge in [-0.2, -0.15) is 0 Å². The predicted molar refractivity (Wildman–Crippen MR) is 289 cm³/mol. The second-order valence-corrected chi connectivity index (χ2v) is 18.6. The summed E-state index contributed by atoms with van der Waals surface area (Å²) in [6.45, 7) is 8.75. The first kappa shape index (κ1) is 52.5. The zero-order valence-corrected chi connectivity index (χ0v) is 41.8. The molecule has 1 heterocycles. The van der Waals surface area contributed by atoms with E-state index in [0.29, 0.717) is 45.5 Å². The van der Waals surface area contributed by atoms with Crippen LogP contribution in [-0.2, 0) is 48.4 Å². The molecule has 0 aromatic heterocycles. The van der Waals surface area contributed by atoms with Gasteiger partial charge in [0.25, 0.3) is 0 Å². The topological polar surface area (TPSA) is 115 Å². The monoisotopic (exact) mass is 968 g/mol. The van der Waals surface area contributed by atoms with Gasteiger partial charge in [0.1, 0.15) is 0 Å². The first-order valence-corrected chi connectivity index (χ1v) is 25.5. The molecule has 0 atom stereocenters. The van der Waals surface area contributed by atoms with E-state index in [1.807, 2.05) is 36.4 Å². The normalized spacial score (nSPS) is 17.9. The summed E-state index contributed by atoms with van der Waals surface area (Å²) in [5, 5.41) is 30.4. The van der Waals surface area contributed by atoms with Gasteiger partial charge >= 0.3 is 0 Å². The van der Waals surface area contributed by atoms with Crippen LogP contribution in [0.2, 0.25) is 0 Å². The highest BCUT2D eigenvalue weighted by Crippen LogP contribution is 2.12. The molecule has 5 rings (SSSR count). The standard InChI is InChI=1S/C52H72N8O2S4/c63-49-53-27-23-41-19-11-21-43(33-41)25-29-55-51(65)59-37-48(18-8-10-32-62-40-46-15-5-2-6-16-46)38-60-52(66)56-30-26-44-22-12-20-42(34-44)24-28-54-50(64)58-36-47(35-57-49)17-7-9-31-61-39-45-13-3-1-4-14-45/h1-6,11-16,19-22,33-34,47-48H,7-10,17-18,23-32,35-40H2,(H2,53,57,63)(H2,54,58,64)(H2,55,59,65)(H2,56,60,66). The second-order valence-electron chi connectivity index (χ2n) is 17.0. The predicted octanol–water partition coefficient (Wildman–Crippen LogP) is 7.43. The van der Waals surface area contributed by atoms with Crippen LogP contribution in [0.5, 0.6) is 0 Å². The Balaban J connectivity index is 1.12. The summed E-state index contributed by atoms with van der Waals surface area (Å²) in [4.78, 5) is 0. The van der Waals surface area contributed by atoms with Crippen molar-refractivity contribution in [2.75, 3.05) is 65.6 Å². The smallest absolute Gasteiger partial charge is 0.166 e. The molecule has 10 nitrogen and oxygen atoms in total. The van der Waals surface area contributed by atoms with Gasteiger partial charge in [-0.1, -0.05) is 122 Å². The van der Waals surface area contributed by atoms with Crippen LogP contribution in [-0.4, -0.2) is 86.0 Å². The molecule has 0 saturated heterocycles. The SMILES string of the molecule is S=C1NCCc2cccc(c2)CCNC(=S)NCC(CCCCOCc2ccccc2)CNC(=S)NCCc2cccc(c2)CCNC(=S)NCC(CCCCOCc2ccccc2)CN1. The van der Waals surface area contributed by atoms with E-state index in [1.165, 1.54) is 33.4 Å². The van der Waals surface area contributed by atoms with Crippen molar-refractivity contribution in [1.82, 2.24) is 42.5 Å². The van der Waals surface area contributed by atoms with Crippen molar-refractivity contribution < 1.29 is 9.47 Å². The highest BCUT2D eigenvalue weighted by atomic mass is 32.1. The highest BCUT2D eigenvalue weighted by molar-refractivity contribution is 7.80. The Labute approximate surface area is 416 Å². The van der Waals surface area contributed by atoms with E-state index in [4.69, 9.17) is 58.3 Å². The van der Waals surface area contributed by atoms with Gasteiger partial charge in [-0.15, -0.1) is 0 Å². The number of rotatable bonds is 14. The average molecular weight is 969 g/mol. The maximum atomic E-state index is 5.96. The van der Waals surface area contributed by atoms with E-state index in [-0.39, 0.29) is 0 Å². The lowest BCUT2D eigenvalue weighted by atomic mass is 10.0. The minimum Gasteiger partial charge on any atom is -0.377 e. The summed E-state index contributed by atoms with van der Waals surface area (Å²) in [5.41, 5.74) is 7.49. The molecule has 356 valence electrons. The summed E-state index contributed by atoms with van der Waals surface area (Å²) in [6.07, 6.45) is 9.64. The molecule has 14 heteroatoms. The zero-order chi connectivity index (χ0) is 46.3. The number of thiocarbonyl (C=S) groups is 4. The van der Waals surface area contributed by atoms with Gasteiger partial charge in [-0.25, -0.2) is 0 Å². The maximum Gasteiger partial charge on any atom is 0.166 e. The molecular weight excluding hydrogens is 897 g/mol. The Morgan fingerprint density at radius 3 is 1.02 bits per heavy atom. The minimum absolute atomic E-state index is 0.330. The first-order chi connectivity index (χ1) is 32.4. The van der Waals surface area contributed by atoms with Gasteiger partial charge in [-0.3, -0.25) is 0 Å². The lowest BCUT2D eigenvalue weighted by Crippen LogP contribution is -2.43. The van der Waals surface area contributed by atoms with Crippen LogP contribution in [0.3, 0.4) is 0 Å². The van der Waals surface area contributed by atoms with Gasteiger partial charge < -0.3 is 52.0 Å². The van der Waals surface area contributed by atoms with Crippen molar-refractivity contribution in [1.29, 1.82) is 0 Å². The Morgan fingerprint density at radius 2 is 0.697 bits per heavy atom. The number of nitrogens with one attached hydrogen (secondary N) is 8. The molecule has 1 aliphatic rings. The summed E-state index contributed by atoms with van der Waals surface area (Å²) in [6, 6.07) is 38.2. The number of hydrogen-bond donors (Lipinski definition) is 8. The quantitative estimate of drug-likeness (QED) is 0.0474. The summed E-state index contributed by atoms with van der Waals surface area (Å²) < 4.78 is 11.9. The van der Waals surface area contributed by atoms with Gasteiger partial charge in [0.15, 0.2) is 20.4 Å². The van der Waals surface area contributed by atoms with Crippen molar-refractivity contribution in [3.8, 4) is 0 Å². The lowest BCUT2D eigenvalue weighted by Gasteiger charge is -2.21. The number of ether oxygens (including phenoxy) is 2. The zero-order valence-electron chi connectivity index (χ0n) is 38.6. The van der Waals surface area contributed by atoms with Gasteiger partial charge in [0.2, 0.25) is 0 Å². The van der Waals surface area contributed by atoms with E-state index in [1.54, 1.807) is 0 Å². The minimum atomic E-state index is 0.330. The van der Waals surface area contributed by atoms with Crippen LogP contribution in [0.4, 0.5) is 0 Å². The molecule has 4 bridgehead atoms. The summed E-state index contributed by atoms with van der Waals surface area (Å²) in [5.74, 6) is 0.661. The Morgan fingerprint density at radius 1 is 0.379 bits per heavy atom. The Bertz CT molecular complexity index is 1790. The molecule has 0 spiro atoms. The average Bonchev–Trinajstić information content (AvgIpc) is 3.33. The molecule has 0 radical (unpaired) electrons. The van der Waals surface area contributed by atoms with Gasteiger partial charge in [0.05, 0.1) is 13.2 Å². The third kappa shape index (κ3) is 23.3. The van der Waals surface area contributed by atoms with E-state index in [9.17, 15) is 0 Å². The molecule has 0 amide bonds. The number of hydrogen-bond acceptors (Lipinski definition) is 6. The Kier molecular flexibility index (Phi) is 25.7. The van der Waals surface area contributed by atoms with E-state index in [0.717, 1.165) is 130 Å². The second kappa shape index (κ2) is 32.3. The van der Waals surface area contributed by atoms with Crippen molar-refractivity contribution in [2.45, 2.75) is 77.4 Å². The van der Waals surface area contributed by atoms with Crippen molar-refractivity contribution in [3.05, 3.63) is 143 Å². The number of fused-ring (bicyclic) bond motifs is 4. The van der Waals surface area contributed by atoms with Crippen molar-refractivity contribution >= 4 is 69.3 Å². The van der Waals surface area contributed by atoms with Crippen LogP contribution in [0.25, 0.3) is 0 Å². The molecule has 0 fully saturated rings. The summed E-state index contributed by atoms with van der Waals surface area (Å²) in [7, 11) is 0. The van der Waals surface area contributed by atoms with Gasteiger partial charge in [0, 0.05) is 65.6 Å². The largest absolute Gasteiger partial charge is 0.377 e. The lowest BCUT2D eigenvalue weighted by molar-refractivity contribution is 0.116. The molecule has 1 aliphatic heterocycles.